The van der Waals surface area contributed by atoms with Crippen LogP contribution in [-0.2, 0) is 11.2 Å². The minimum absolute atomic E-state index is 0.215. The Bertz CT molecular complexity index is 1270. The number of hydrogen-bond donors (Lipinski definition) is 1. The standard InChI is InChI=1S/C25H23N3O6/c1-32-19-10-9-17-21(22(19)33-2)25(31)28-18-8-4-3-7-16(18)24(30)27(23(17)28)14-20(29)26-12-11-15-6-5-13-34-15/h3-10,13,23H,11-12,14H2,1-2H3,(H,26,29)/t23-/m1/s1. The van der Waals surface area contributed by atoms with Crippen LogP contribution in [0.5, 0.6) is 11.5 Å². The van der Waals surface area contributed by atoms with E-state index < -0.39 is 6.17 Å². The summed E-state index contributed by atoms with van der Waals surface area (Å²) in [6.45, 7) is 0.146. The quantitative estimate of drug-likeness (QED) is 0.581. The molecule has 3 amide bonds. The van der Waals surface area contributed by atoms with Crippen LogP contribution in [0.15, 0.2) is 59.2 Å². The number of furan rings is 1. The van der Waals surface area contributed by atoms with Crippen molar-refractivity contribution in [3.8, 4) is 11.5 Å². The van der Waals surface area contributed by atoms with Crippen LogP contribution in [0.1, 0.15) is 38.2 Å². The number of benzene rings is 2. The van der Waals surface area contributed by atoms with E-state index in [9.17, 15) is 14.4 Å². The maximum absolute atomic E-state index is 13.6. The van der Waals surface area contributed by atoms with Crippen molar-refractivity contribution < 1.29 is 28.3 Å². The minimum Gasteiger partial charge on any atom is -0.493 e. The van der Waals surface area contributed by atoms with Crippen molar-refractivity contribution in [2.45, 2.75) is 12.6 Å². The van der Waals surface area contributed by atoms with E-state index in [1.807, 2.05) is 6.07 Å². The Hall–Kier alpha value is -4.27. The molecular weight excluding hydrogens is 438 g/mol. The van der Waals surface area contributed by atoms with Crippen molar-refractivity contribution in [2.24, 2.45) is 0 Å². The van der Waals surface area contributed by atoms with E-state index in [2.05, 4.69) is 5.32 Å². The van der Waals surface area contributed by atoms with E-state index in [1.165, 1.54) is 19.1 Å². The molecule has 1 aromatic heterocycles. The molecule has 1 atom stereocenters. The number of nitrogens with zero attached hydrogens (tertiary/aromatic N) is 2. The van der Waals surface area contributed by atoms with E-state index in [0.29, 0.717) is 46.8 Å². The summed E-state index contributed by atoms with van der Waals surface area (Å²) in [5.41, 5.74) is 1.75. The summed E-state index contributed by atoms with van der Waals surface area (Å²) in [5.74, 6) is 0.488. The van der Waals surface area contributed by atoms with Gasteiger partial charge in [0.05, 0.1) is 37.3 Å². The van der Waals surface area contributed by atoms with Gasteiger partial charge in [-0.25, -0.2) is 0 Å². The molecule has 0 unspecified atom stereocenters. The molecule has 0 aliphatic carbocycles. The summed E-state index contributed by atoms with van der Waals surface area (Å²) in [6, 6.07) is 13.9. The van der Waals surface area contributed by atoms with Crippen molar-refractivity contribution in [2.75, 3.05) is 32.2 Å². The first kappa shape index (κ1) is 21.6. The monoisotopic (exact) mass is 461 g/mol. The molecule has 0 fully saturated rings. The second kappa shape index (κ2) is 8.58. The molecule has 9 heteroatoms. The molecule has 3 aromatic rings. The van der Waals surface area contributed by atoms with Crippen molar-refractivity contribution in [3.05, 3.63) is 77.2 Å². The van der Waals surface area contributed by atoms with Crippen LogP contribution in [0.4, 0.5) is 5.69 Å². The van der Waals surface area contributed by atoms with E-state index in [4.69, 9.17) is 13.9 Å². The fourth-order valence-corrected chi connectivity index (χ4v) is 4.58. The lowest BCUT2D eigenvalue weighted by molar-refractivity contribution is -0.122. The number of nitrogens with one attached hydrogen (secondary N) is 1. The fraction of sp³-hybridized carbons (Fsp3) is 0.240. The predicted octanol–water partition coefficient (Wildman–Crippen LogP) is 2.77. The summed E-state index contributed by atoms with van der Waals surface area (Å²) in [4.78, 5) is 42.9. The van der Waals surface area contributed by atoms with Gasteiger partial charge in [-0.3, -0.25) is 19.3 Å². The molecule has 9 nitrogen and oxygen atoms in total. The first-order valence-electron chi connectivity index (χ1n) is 10.8. The summed E-state index contributed by atoms with van der Waals surface area (Å²) in [6.07, 6.45) is 1.33. The second-order valence-electron chi connectivity index (χ2n) is 7.94. The lowest BCUT2D eigenvalue weighted by Gasteiger charge is -2.40. The molecular formula is C25H23N3O6. The maximum atomic E-state index is 13.6. The highest BCUT2D eigenvalue weighted by Crippen LogP contribution is 2.49. The van der Waals surface area contributed by atoms with Crippen molar-refractivity contribution >= 4 is 23.4 Å². The van der Waals surface area contributed by atoms with Crippen LogP contribution in [0.3, 0.4) is 0 Å². The summed E-state index contributed by atoms with van der Waals surface area (Å²) in [5, 5.41) is 2.83. The van der Waals surface area contributed by atoms with Crippen molar-refractivity contribution in [1.82, 2.24) is 10.2 Å². The third-order valence-electron chi connectivity index (χ3n) is 6.07. The largest absolute Gasteiger partial charge is 0.493 e. The molecule has 2 aliphatic heterocycles. The molecule has 34 heavy (non-hydrogen) atoms. The molecule has 0 saturated heterocycles. The van der Waals surface area contributed by atoms with Crippen LogP contribution in [0.25, 0.3) is 0 Å². The van der Waals surface area contributed by atoms with Gasteiger partial charge in [-0.2, -0.15) is 0 Å². The average molecular weight is 461 g/mol. The first-order valence-corrected chi connectivity index (χ1v) is 10.8. The van der Waals surface area contributed by atoms with Gasteiger partial charge in [0.1, 0.15) is 18.5 Å². The van der Waals surface area contributed by atoms with Gasteiger partial charge in [-0.1, -0.05) is 18.2 Å². The van der Waals surface area contributed by atoms with Crippen LogP contribution < -0.4 is 19.7 Å². The number of anilines is 1. The number of carbonyl (C=O) groups is 3. The Morgan fingerprint density at radius 2 is 1.85 bits per heavy atom. The third-order valence-corrected chi connectivity index (χ3v) is 6.07. The molecule has 3 heterocycles. The van der Waals surface area contributed by atoms with Gasteiger partial charge < -0.3 is 24.1 Å². The van der Waals surface area contributed by atoms with Crippen LogP contribution in [0.2, 0.25) is 0 Å². The highest BCUT2D eigenvalue weighted by molar-refractivity contribution is 6.18. The smallest absolute Gasteiger partial charge is 0.264 e. The van der Waals surface area contributed by atoms with E-state index in [0.717, 1.165) is 5.76 Å². The molecule has 0 radical (unpaired) electrons. The number of para-hydroxylation sites is 1. The van der Waals surface area contributed by atoms with E-state index in [-0.39, 0.29) is 24.3 Å². The Balaban J connectivity index is 1.50. The zero-order valence-corrected chi connectivity index (χ0v) is 18.7. The Labute approximate surface area is 195 Å². The lowest BCUT2D eigenvalue weighted by Crippen LogP contribution is -2.51. The zero-order chi connectivity index (χ0) is 23.8. The van der Waals surface area contributed by atoms with Gasteiger partial charge in [-0.05, 0) is 30.3 Å². The Morgan fingerprint density at radius 3 is 2.59 bits per heavy atom. The normalized spacial score (nSPS) is 16.1. The maximum Gasteiger partial charge on any atom is 0.264 e. The first-order chi connectivity index (χ1) is 16.5. The van der Waals surface area contributed by atoms with Gasteiger partial charge in [0.25, 0.3) is 11.8 Å². The fourth-order valence-electron chi connectivity index (χ4n) is 4.58. The highest BCUT2D eigenvalue weighted by atomic mass is 16.5. The van der Waals surface area contributed by atoms with Crippen LogP contribution in [0, 0.1) is 0 Å². The Kier molecular flexibility index (Phi) is 5.45. The van der Waals surface area contributed by atoms with Gasteiger partial charge >= 0.3 is 0 Å². The number of ether oxygens (including phenoxy) is 2. The van der Waals surface area contributed by atoms with Gasteiger partial charge in [-0.15, -0.1) is 0 Å². The Morgan fingerprint density at radius 1 is 1.03 bits per heavy atom. The SMILES string of the molecule is COc1ccc2c(c1OC)C(=O)N1c3ccccc3C(=O)N(CC(=O)NCCc3ccco3)[C@@H]21. The van der Waals surface area contributed by atoms with Crippen molar-refractivity contribution in [3.63, 3.8) is 0 Å². The number of rotatable bonds is 7. The van der Waals surface area contributed by atoms with Crippen LogP contribution >= 0.6 is 0 Å². The zero-order valence-electron chi connectivity index (χ0n) is 18.7. The molecule has 174 valence electrons. The number of amides is 3. The molecule has 2 aromatic carbocycles. The number of carbonyl (C=O) groups excluding carboxylic acids is 3. The number of hydrogen-bond acceptors (Lipinski definition) is 6. The highest BCUT2D eigenvalue weighted by Gasteiger charge is 2.50. The average Bonchev–Trinajstić information content (AvgIpc) is 3.47. The topological polar surface area (TPSA) is 101 Å². The predicted molar refractivity (Wildman–Crippen MR) is 122 cm³/mol. The van der Waals surface area contributed by atoms with Gasteiger partial charge in [0.15, 0.2) is 11.5 Å². The number of fused-ring (bicyclic) bond motifs is 5. The molecule has 5 rings (SSSR count). The minimum atomic E-state index is -0.777. The molecule has 1 N–H and O–H groups in total. The van der Waals surface area contributed by atoms with Crippen molar-refractivity contribution in [1.29, 1.82) is 0 Å². The van der Waals surface area contributed by atoms with E-state index >= 15 is 0 Å². The molecule has 0 saturated carbocycles. The van der Waals surface area contributed by atoms with Gasteiger partial charge in [0, 0.05) is 18.5 Å². The molecule has 2 aliphatic rings. The van der Waals surface area contributed by atoms with Crippen LogP contribution in [-0.4, -0.2) is 49.9 Å². The summed E-state index contributed by atoms with van der Waals surface area (Å²) < 4.78 is 16.2. The molecule has 0 spiro atoms. The second-order valence-corrected chi connectivity index (χ2v) is 7.94. The number of methoxy groups -OCH3 is 2. The van der Waals surface area contributed by atoms with E-state index in [1.54, 1.807) is 53.6 Å². The van der Waals surface area contributed by atoms with Gasteiger partial charge in [0.2, 0.25) is 5.91 Å². The summed E-state index contributed by atoms with van der Waals surface area (Å²) >= 11 is 0. The molecule has 0 bridgehead atoms. The lowest BCUT2D eigenvalue weighted by atomic mass is 10.0. The summed E-state index contributed by atoms with van der Waals surface area (Å²) in [7, 11) is 2.96. The third kappa shape index (κ3) is 3.37.